The highest BCUT2D eigenvalue weighted by atomic mass is 35.5. The largest absolute Gasteiger partial charge is 0.382 e. The number of benzene rings is 2. The third kappa shape index (κ3) is 3.89. The number of carbonyl (C=O) groups is 1. The van der Waals surface area contributed by atoms with Crippen molar-refractivity contribution in [3.05, 3.63) is 63.7 Å². The fraction of sp³-hybridized carbons (Fsp3) is 0.0588. The van der Waals surface area contributed by atoms with E-state index in [1.165, 1.54) is 18.2 Å². The summed E-state index contributed by atoms with van der Waals surface area (Å²) in [5, 5.41) is 6.18. The maximum atomic E-state index is 13.2. The van der Waals surface area contributed by atoms with Crippen LogP contribution in [-0.2, 0) is 0 Å². The van der Waals surface area contributed by atoms with Crippen LogP contribution < -0.4 is 16.4 Å². The number of rotatable bonds is 4. The molecule has 0 saturated heterocycles. The topological polar surface area (TPSA) is 80.0 Å². The van der Waals surface area contributed by atoms with Gasteiger partial charge in [-0.05, 0) is 36.8 Å². The molecule has 8 heteroatoms. The van der Waals surface area contributed by atoms with Gasteiger partial charge in [-0.2, -0.15) is 0 Å². The van der Waals surface area contributed by atoms with E-state index in [2.05, 4.69) is 15.6 Å². The number of halogens is 2. The van der Waals surface area contributed by atoms with E-state index in [4.69, 9.17) is 17.3 Å². The van der Waals surface area contributed by atoms with Gasteiger partial charge in [0, 0.05) is 11.4 Å². The minimum Gasteiger partial charge on any atom is -0.382 e. The first-order chi connectivity index (χ1) is 11.9. The van der Waals surface area contributed by atoms with Gasteiger partial charge in [-0.1, -0.05) is 41.1 Å². The molecule has 0 radical (unpaired) electrons. The van der Waals surface area contributed by atoms with Crippen molar-refractivity contribution in [2.45, 2.75) is 6.92 Å². The van der Waals surface area contributed by atoms with Crippen molar-refractivity contribution in [2.75, 3.05) is 16.4 Å². The molecule has 1 aromatic heterocycles. The van der Waals surface area contributed by atoms with Gasteiger partial charge in [-0.15, -0.1) is 0 Å². The second-order valence-electron chi connectivity index (χ2n) is 5.26. The zero-order chi connectivity index (χ0) is 18.0. The number of nitrogens with zero attached hydrogens (tertiary/aromatic N) is 1. The lowest BCUT2D eigenvalue weighted by Gasteiger charge is -2.06. The molecule has 0 aliphatic rings. The van der Waals surface area contributed by atoms with Gasteiger partial charge in [0.2, 0.25) is 0 Å². The SMILES string of the molecule is Cc1ccccc1NC(=O)c1sc(Nc2ccc(F)c(Cl)c2)nc1N. The first-order valence-electron chi connectivity index (χ1n) is 7.29. The number of thiazole rings is 1. The second-order valence-corrected chi connectivity index (χ2v) is 6.66. The van der Waals surface area contributed by atoms with E-state index in [1.807, 2.05) is 31.2 Å². The smallest absolute Gasteiger partial charge is 0.269 e. The maximum Gasteiger partial charge on any atom is 0.269 e. The van der Waals surface area contributed by atoms with Crippen LogP contribution in [0.1, 0.15) is 15.2 Å². The van der Waals surface area contributed by atoms with Crippen LogP contribution >= 0.6 is 22.9 Å². The van der Waals surface area contributed by atoms with Crippen molar-refractivity contribution in [3.63, 3.8) is 0 Å². The van der Waals surface area contributed by atoms with Crippen molar-refractivity contribution in [1.82, 2.24) is 4.98 Å². The molecule has 1 amide bonds. The molecular weight excluding hydrogens is 363 g/mol. The highest BCUT2D eigenvalue weighted by Crippen LogP contribution is 2.30. The summed E-state index contributed by atoms with van der Waals surface area (Å²) in [6.45, 7) is 1.90. The lowest BCUT2D eigenvalue weighted by atomic mass is 10.2. The van der Waals surface area contributed by atoms with Crippen LogP contribution in [-0.4, -0.2) is 10.9 Å². The number of carbonyl (C=O) groups excluding carboxylic acids is 1. The summed E-state index contributed by atoms with van der Waals surface area (Å²) >= 11 is 6.85. The van der Waals surface area contributed by atoms with Gasteiger partial charge in [-0.3, -0.25) is 4.79 Å². The molecule has 4 N–H and O–H groups in total. The number of aromatic nitrogens is 1. The Labute approximate surface area is 152 Å². The molecular formula is C17H14ClFN4OS. The molecule has 5 nitrogen and oxygen atoms in total. The third-order valence-electron chi connectivity index (χ3n) is 3.42. The van der Waals surface area contributed by atoms with E-state index < -0.39 is 5.82 Å². The Morgan fingerprint density at radius 1 is 1.28 bits per heavy atom. The van der Waals surface area contributed by atoms with E-state index in [0.29, 0.717) is 21.4 Å². The summed E-state index contributed by atoms with van der Waals surface area (Å²) in [6.07, 6.45) is 0. The van der Waals surface area contributed by atoms with Crippen LogP contribution in [0.2, 0.25) is 5.02 Å². The average Bonchev–Trinajstić information content (AvgIpc) is 2.93. The van der Waals surface area contributed by atoms with Crippen LogP contribution in [0.25, 0.3) is 0 Å². The number of hydrogen-bond donors (Lipinski definition) is 3. The van der Waals surface area contributed by atoms with Crippen LogP contribution in [0.3, 0.4) is 0 Å². The van der Waals surface area contributed by atoms with Crippen LogP contribution in [0.15, 0.2) is 42.5 Å². The molecule has 3 aromatic rings. The number of nitrogens with two attached hydrogens (primary N) is 1. The van der Waals surface area contributed by atoms with Gasteiger partial charge in [0.1, 0.15) is 16.5 Å². The van der Waals surface area contributed by atoms with Gasteiger partial charge in [-0.25, -0.2) is 9.37 Å². The first kappa shape index (κ1) is 17.2. The molecule has 25 heavy (non-hydrogen) atoms. The summed E-state index contributed by atoms with van der Waals surface area (Å²) < 4.78 is 13.2. The van der Waals surface area contributed by atoms with E-state index in [9.17, 15) is 9.18 Å². The number of anilines is 4. The average molecular weight is 377 g/mol. The van der Waals surface area contributed by atoms with E-state index >= 15 is 0 Å². The molecule has 3 rings (SSSR count). The number of aryl methyl sites for hydroxylation is 1. The Balaban J connectivity index is 1.78. The first-order valence-corrected chi connectivity index (χ1v) is 8.49. The molecule has 1 heterocycles. The molecule has 0 spiro atoms. The van der Waals surface area contributed by atoms with Gasteiger partial charge >= 0.3 is 0 Å². The minimum atomic E-state index is -0.510. The predicted octanol–water partition coefficient (Wildman–Crippen LogP) is 4.82. The standard InChI is InChI=1S/C17H14ClFN4OS/c1-9-4-2-3-5-13(9)22-16(24)14-15(20)23-17(25-14)21-10-6-7-12(19)11(18)8-10/h2-8H,20H2,1H3,(H,21,23)(H,22,24). The highest BCUT2D eigenvalue weighted by Gasteiger charge is 2.17. The molecule has 0 aliphatic carbocycles. The van der Waals surface area contributed by atoms with E-state index in [1.54, 1.807) is 0 Å². The van der Waals surface area contributed by atoms with E-state index in [0.717, 1.165) is 16.9 Å². The Morgan fingerprint density at radius 2 is 2.04 bits per heavy atom. The number of amides is 1. The molecule has 128 valence electrons. The van der Waals surface area contributed by atoms with Gasteiger partial charge < -0.3 is 16.4 Å². The Morgan fingerprint density at radius 3 is 2.76 bits per heavy atom. The molecule has 0 saturated carbocycles. The Hall–Kier alpha value is -2.64. The van der Waals surface area contributed by atoms with Crippen molar-refractivity contribution >= 4 is 51.2 Å². The fourth-order valence-corrected chi connectivity index (χ4v) is 3.12. The van der Waals surface area contributed by atoms with Gasteiger partial charge in [0.05, 0.1) is 5.02 Å². The summed E-state index contributed by atoms with van der Waals surface area (Å²) in [7, 11) is 0. The molecule has 2 aromatic carbocycles. The maximum absolute atomic E-state index is 13.2. The van der Waals surface area contributed by atoms with Gasteiger partial charge in [0.15, 0.2) is 5.13 Å². The van der Waals surface area contributed by atoms with Gasteiger partial charge in [0.25, 0.3) is 5.91 Å². The number of para-hydroxylation sites is 1. The summed E-state index contributed by atoms with van der Waals surface area (Å²) in [4.78, 5) is 16.9. The monoisotopic (exact) mass is 376 g/mol. The van der Waals surface area contributed by atoms with Crippen LogP contribution in [0.4, 0.5) is 26.7 Å². The molecule has 0 unspecified atom stereocenters. The highest BCUT2D eigenvalue weighted by molar-refractivity contribution is 7.18. The fourth-order valence-electron chi connectivity index (χ4n) is 2.14. The van der Waals surface area contributed by atoms with Crippen molar-refractivity contribution in [2.24, 2.45) is 0 Å². The number of hydrogen-bond acceptors (Lipinski definition) is 5. The number of nitrogen functional groups attached to an aromatic ring is 1. The zero-order valence-electron chi connectivity index (χ0n) is 13.1. The normalized spacial score (nSPS) is 10.5. The molecule has 0 aliphatic heterocycles. The van der Waals surface area contributed by atoms with Crippen molar-refractivity contribution in [1.29, 1.82) is 0 Å². The molecule has 0 bridgehead atoms. The summed E-state index contributed by atoms with van der Waals surface area (Å²) in [5.41, 5.74) is 8.05. The minimum absolute atomic E-state index is 0.00736. The second kappa shape index (κ2) is 7.08. The number of nitrogens with one attached hydrogen (secondary N) is 2. The summed E-state index contributed by atoms with van der Waals surface area (Å²) in [6, 6.07) is 11.6. The molecule has 0 atom stereocenters. The van der Waals surface area contributed by atoms with E-state index in [-0.39, 0.29) is 16.7 Å². The van der Waals surface area contributed by atoms with Crippen molar-refractivity contribution < 1.29 is 9.18 Å². The quantitative estimate of drug-likeness (QED) is 0.609. The lowest BCUT2D eigenvalue weighted by Crippen LogP contribution is -2.12. The van der Waals surface area contributed by atoms with Crippen LogP contribution in [0.5, 0.6) is 0 Å². The summed E-state index contributed by atoms with van der Waals surface area (Å²) in [5.74, 6) is -0.731. The third-order valence-corrected chi connectivity index (χ3v) is 4.70. The Kier molecular flexibility index (Phi) is 4.87. The van der Waals surface area contributed by atoms with Crippen LogP contribution in [0, 0.1) is 12.7 Å². The lowest BCUT2D eigenvalue weighted by molar-refractivity contribution is 0.103. The molecule has 0 fully saturated rings. The predicted molar refractivity (Wildman–Crippen MR) is 100 cm³/mol. The zero-order valence-corrected chi connectivity index (χ0v) is 14.7. The Bertz CT molecular complexity index is 944. The van der Waals surface area contributed by atoms with Crippen molar-refractivity contribution in [3.8, 4) is 0 Å².